The lowest BCUT2D eigenvalue weighted by molar-refractivity contribution is 0.693. The number of nitrogens with zero attached hydrogens (tertiary/aromatic N) is 1. The van der Waals surface area contributed by atoms with Crippen molar-refractivity contribution in [2.45, 2.75) is 25.8 Å². The molecule has 0 bridgehead atoms. The SMILES string of the molecule is CC(Nc1nc(Br)cs1)C1CC1. The predicted octanol–water partition coefficient (Wildman–Crippen LogP) is 3.12. The number of anilines is 1. The highest BCUT2D eigenvalue weighted by molar-refractivity contribution is 9.10. The van der Waals surface area contributed by atoms with Gasteiger partial charge in [0.25, 0.3) is 0 Å². The van der Waals surface area contributed by atoms with Crippen molar-refractivity contribution in [1.29, 1.82) is 0 Å². The first kappa shape index (κ1) is 8.51. The largest absolute Gasteiger partial charge is 0.359 e. The minimum atomic E-state index is 0.586. The van der Waals surface area contributed by atoms with Gasteiger partial charge in [-0.25, -0.2) is 4.98 Å². The van der Waals surface area contributed by atoms with Gasteiger partial charge in [0.2, 0.25) is 0 Å². The third kappa shape index (κ3) is 1.98. The first-order valence-corrected chi connectivity index (χ1v) is 5.80. The maximum Gasteiger partial charge on any atom is 0.183 e. The zero-order valence-electron chi connectivity index (χ0n) is 6.88. The normalized spacial score (nSPS) is 19.2. The third-order valence-electron chi connectivity index (χ3n) is 2.16. The quantitative estimate of drug-likeness (QED) is 0.887. The molecule has 1 unspecified atom stereocenters. The Morgan fingerprint density at radius 2 is 2.50 bits per heavy atom. The van der Waals surface area contributed by atoms with Crippen LogP contribution in [0.5, 0.6) is 0 Å². The second-order valence-electron chi connectivity index (χ2n) is 3.25. The fourth-order valence-electron chi connectivity index (χ4n) is 1.23. The first-order chi connectivity index (χ1) is 5.75. The molecule has 1 aliphatic carbocycles. The van der Waals surface area contributed by atoms with Crippen LogP contribution < -0.4 is 5.32 Å². The maximum atomic E-state index is 4.28. The van der Waals surface area contributed by atoms with Gasteiger partial charge in [0.05, 0.1) is 0 Å². The van der Waals surface area contributed by atoms with Crippen molar-refractivity contribution in [3.05, 3.63) is 9.98 Å². The molecular formula is C8H11BrN2S. The molecule has 0 spiro atoms. The Labute approximate surface area is 84.5 Å². The second kappa shape index (κ2) is 3.34. The summed E-state index contributed by atoms with van der Waals surface area (Å²) in [5, 5.41) is 6.43. The van der Waals surface area contributed by atoms with E-state index in [1.807, 2.05) is 5.38 Å². The van der Waals surface area contributed by atoms with Gasteiger partial charge in [-0.3, -0.25) is 0 Å². The Morgan fingerprint density at radius 1 is 1.75 bits per heavy atom. The summed E-state index contributed by atoms with van der Waals surface area (Å²) in [6.45, 7) is 2.23. The molecule has 4 heteroatoms. The summed E-state index contributed by atoms with van der Waals surface area (Å²) in [5.74, 6) is 0.882. The topological polar surface area (TPSA) is 24.9 Å². The van der Waals surface area contributed by atoms with Crippen LogP contribution in [-0.2, 0) is 0 Å². The second-order valence-corrected chi connectivity index (χ2v) is 4.92. The van der Waals surface area contributed by atoms with E-state index < -0.39 is 0 Å². The van der Waals surface area contributed by atoms with Crippen molar-refractivity contribution in [3.63, 3.8) is 0 Å². The molecule has 1 atom stereocenters. The van der Waals surface area contributed by atoms with Gasteiger partial charge >= 0.3 is 0 Å². The lowest BCUT2D eigenvalue weighted by Crippen LogP contribution is -2.16. The molecule has 1 aliphatic rings. The van der Waals surface area contributed by atoms with E-state index in [0.29, 0.717) is 6.04 Å². The maximum absolute atomic E-state index is 4.28. The molecule has 1 saturated carbocycles. The number of aromatic nitrogens is 1. The molecule has 66 valence electrons. The first-order valence-electron chi connectivity index (χ1n) is 4.13. The molecule has 0 saturated heterocycles. The summed E-state index contributed by atoms with van der Waals surface area (Å²) in [4.78, 5) is 4.28. The van der Waals surface area contributed by atoms with E-state index in [4.69, 9.17) is 0 Å². The lowest BCUT2D eigenvalue weighted by Gasteiger charge is -2.10. The van der Waals surface area contributed by atoms with Gasteiger partial charge in [-0.15, -0.1) is 11.3 Å². The number of hydrogen-bond acceptors (Lipinski definition) is 3. The van der Waals surface area contributed by atoms with Gasteiger partial charge in [-0.2, -0.15) is 0 Å². The Hall–Kier alpha value is -0.0900. The highest BCUT2D eigenvalue weighted by atomic mass is 79.9. The molecule has 1 heterocycles. The molecule has 12 heavy (non-hydrogen) atoms. The van der Waals surface area contributed by atoms with E-state index in [9.17, 15) is 0 Å². The van der Waals surface area contributed by atoms with Crippen molar-refractivity contribution in [1.82, 2.24) is 4.98 Å². The number of halogens is 1. The minimum absolute atomic E-state index is 0.586. The zero-order valence-corrected chi connectivity index (χ0v) is 9.28. The van der Waals surface area contributed by atoms with Gasteiger partial charge in [0.15, 0.2) is 5.13 Å². The van der Waals surface area contributed by atoms with E-state index in [1.165, 1.54) is 12.8 Å². The molecule has 1 N–H and O–H groups in total. The van der Waals surface area contributed by atoms with Crippen LogP contribution in [0.4, 0.5) is 5.13 Å². The minimum Gasteiger partial charge on any atom is -0.359 e. The van der Waals surface area contributed by atoms with E-state index in [0.717, 1.165) is 15.7 Å². The highest BCUT2D eigenvalue weighted by Gasteiger charge is 2.28. The third-order valence-corrected chi connectivity index (χ3v) is 3.64. The van der Waals surface area contributed by atoms with E-state index in [1.54, 1.807) is 11.3 Å². The van der Waals surface area contributed by atoms with Crippen LogP contribution >= 0.6 is 27.3 Å². The van der Waals surface area contributed by atoms with Crippen LogP contribution in [-0.4, -0.2) is 11.0 Å². The number of nitrogens with one attached hydrogen (secondary N) is 1. The smallest absolute Gasteiger partial charge is 0.183 e. The Kier molecular flexibility index (Phi) is 2.37. The molecule has 0 aliphatic heterocycles. The molecule has 2 rings (SSSR count). The van der Waals surface area contributed by atoms with Gasteiger partial charge in [-0.1, -0.05) is 0 Å². The van der Waals surface area contributed by atoms with Gasteiger partial charge < -0.3 is 5.32 Å². The Morgan fingerprint density at radius 3 is 3.00 bits per heavy atom. The van der Waals surface area contributed by atoms with Gasteiger partial charge in [0, 0.05) is 11.4 Å². The summed E-state index contributed by atoms with van der Waals surface area (Å²) in [6.07, 6.45) is 2.75. The fourth-order valence-corrected chi connectivity index (χ4v) is 2.47. The monoisotopic (exact) mass is 246 g/mol. The van der Waals surface area contributed by atoms with Crippen LogP contribution in [0.15, 0.2) is 9.98 Å². The number of thiazole rings is 1. The van der Waals surface area contributed by atoms with Crippen LogP contribution in [0.1, 0.15) is 19.8 Å². The standard InChI is InChI=1S/C8H11BrN2S/c1-5(6-2-3-6)10-8-11-7(9)4-12-8/h4-6H,2-3H2,1H3,(H,10,11). The van der Waals surface area contributed by atoms with Gasteiger partial charge in [-0.05, 0) is 41.6 Å². The van der Waals surface area contributed by atoms with Crippen LogP contribution in [0.2, 0.25) is 0 Å². The number of hydrogen-bond donors (Lipinski definition) is 1. The molecule has 0 amide bonds. The van der Waals surface area contributed by atoms with Crippen molar-refractivity contribution >= 4 is 32.4 Å². The molecular weight excluding hydrogens is 236 g/mol. The Bertz CT molecular complexity index is 270. The Balaban J connectivity index is 1.93. The van der Waals surface area contributed by atoms with E-state index in [2.05, 4.69) is 33.2 Å². The average molecular weight is 247 g/mol. The van der Waals surface area contributed by atoms with Crippen LogP contribution in [0, 0.1) is 5.92 Å². The van der Waals surface area contributed by atoms with Crippen molar-refractivity contribution in [2.75, 3.05) is 5.32 Å². The summed E-state index contributed by atoms with van der Waals surface area (Å²) in [5.41, 5.74) is 0. The summed E-state index contributed by atoms with van der Waals surface area (Å²) in [6, 6.07) is 0.586. The lowest BCUT2D eigenvalue weighted by atomic mass is 10.2. The number of rotatable bonds is 3. The van der Waals surface area contributed by atoms with Crippen LogP contribution in [0.3, 0.4) is 0 Å². The molecule has 0 aromatic carbocycles. The molecule has 1 aromatic rings. The zero-order chi connectivity index (χ0) is 8.55. The molecule has 1 aromatic heterocycles. The highest BCUT2D eigenvalue weighted by Crippen LogP contribution is 2.34. The van der Waals surface area contributed by atoms with Crippen molar-refractivity contribution in [2.24, 2.45) is 5.92 Å². The molecule has 2 nitrogen and oxygen atoms in total. The van der Waals surface area contributed by atoms with Crippen molar-refractivity contribution < 1.29 is 0 Å². The average Bonchev–Trinajstić information content (AvgIpc) is 2.78. The summed E-state index contributed by atoms with van der Waals surface area (Å²) >= 11 is 4.99. The van der Waals surface area contributed by atoms with Gasteiger partial charge in [0.1, 0.15) is 4.60 Å². The summed E-state index contributed by atoms with van der Waals surface area (Å²) in [7, 11) is 0. The fraction of sp³-hybridized carbons (Fsp3) is 0.625. The molecule has 1 fully saturated rings. The van der Waals surface area contributed by atoms with E-state index >= 15 is 0 Å². The predicted molar refractivity (Wildman–Crippen MR) is 55.6 cm³/mol. The van der Waals surface area contributed by atoms with E-state index in [-0.39, 0.29) is 0 Å². The van der Waals surface area contributed by atoms with Crippen molar-refractivity contribution in [3.8, 4) is 0 Å². The van der Waals surface area contributed by atoms with Crippen LogP contribution in [0.25, 0.3) is 0 Å². The molecule has 0 radical (unpaired) electrons. The summed E-state index contributed by atoms with van der Waals surface area (Å²) < 4.78 is 0.929.